The third kappa shape index (κ3) is 4.35. The second-order valence-electron chi connectivity index (χ2n) is 4.38. The number of morpholine rings is 1. The summed E-state index contributed by atoms with van der Waals surface area (Å²) >= 11 is 4.29. The Morgan fingerprint density at radius 3 is 2.69 bits per heavy atom. The molecule has 0 saturated carbocycles. The number of hydrogen-bond donors (Lipinski definition) is 1. The van der Waals surface area contributed by atoms with Crippen molar-refractivity contribution in [2.45, 2.75) is 11.5 Å². The molecule has 1 fully saturated rings. The number of rotatable bonds is 4. The molecule has 5 nitrogen and oxygen atoms in total. The molecule has 1 aliphatic rings. The van der Waals surface area contributed by atoms with E-state index in [1.165, 1.54) is 0 Å². The number of ether oxygens (including phenoxy) is 1. The Hall–Kier alpha value is 0.420. The van der Waals surface area contributed by atoms with Crippen LogP contribution in [-0.4, -0.2) is 68.6 Å². The van der Waals surface area contributed by atoms with Crippen molar-refractivity contribution in [1.82, 2.24) is 9.57 Å². The van der Waals surface area contributed by atoms with Crippen LogP contribution in [0, 0.1) is 0 Å². The van der Waals surface area contributed by atoms with Crippen molar-refractivity contribution in [3.63, 3.8) is 0 Å². The molecule has 1 saturated heterocycles. The van der Waals surface area contributed by atoms with Crippen LogP contribution in [0.2, 0.25) is 0 Å². The average molecular weight is 268 g/mol. The summed E-state index contributed by atoms with van der Waals surface area (Å²) in [5, 5.41) is 0. The lowest BCUT2D eigenvalue weighted by Gasteiger charge is -2.34. The van der Waals surface area contributed by atoms with Crippen LogP contribution in [0.5, 0.6) is 0 Å². The highest BCUT2D eigenvalue weighted by atomic mass is 32.1. The second-order valence-corrected chi connectivity index (χ2v) is 7.62. The summed E-state index contributed by atoms with van der Waals surface area (Å²) in [5.41, 5.74) is -0.0945. The van der Waals surface area contributed by atoms with E-state index in [1.54, 1.807) is 25.4 Å². The first kappa shape index (κ1) is 14.5. The third-order valence-electron chi connectivity index (χ3n) is 2.56. The Morgan fingerprint density at radius 1 is 1.56 bits per heavy atom. The van der Waals surface area contributed by atoms with Crippen LogP contribution in [0.4, 0.5) is 0 Å². The fraction of sp³-hybridized carbons (Fsp3) is 1.00. The topological polar surface area (TPSA) is 42.0 Å². The highest BCUT2D eigenvalue weighted by molar-refractivity contribution is 7.80. The van der Waals surface area contributed by atoms with Gasteiger partial charge in [-0.1, -0.05) is 0 Å². The van der Waals surface area contributed by atoms with Gasteiger partial charge in [-0.05, 0) is 21.1 Å². The van der Waals surface area contributed by atoms with Gasteiger partial charge in [-0.2, -0.15) is 0 Å². The molecule has 3 unspecified atom stereocenters. The molecule has 0 bridgehead atoms. The minimum Gasteiger partial charge on any atom is -0.360 e. The first-order chi connectivity index (χ1) is 7.31. The summed E-state index contributed by atoms with van der Waals surface area (Å²) in [6.45, 7) is 3.53. The van der Waals surface area contributed by atoms with Gasteiger partial charge < -0.3 is 14.2 Å². The predicted octanol–water partition coefficient (Wildman–Crippen LogP) is 0.974. The Bertz CT molecular complexity index is 267. The number of hydrogen-bond acceptors (Lipinski definition) is 5. The third-order valence-corrected chi connectivity index (χ3v) is 4.93. The highest BCUT2D eigenvalue weighted by Crippen LogP contribution is 2.44. The molecule has 16 heavy (non-hydrogen) atoms. The Morgan fingerprint density at radius 2 is 2.19 bits per heavy atom. The van der Waals surface area contributed by atoms with E-state index in [2.05, 4.69) is 17.5 Å². The van der Waals surface area contributed by atoms with Crippen LogP contribution < -0.4 is 0 Å². The van der Waals surface area contributed by atoms with Crippen LogP contribution in [0.1, 0.15) is 0 Å². The van der Waals surface area contributed by atoms with Crippen molar-refractivity contribution in [2.24, 2.45) is 0 Å². The standard InChI is InChI=1S/C9H21N2O3PS/c1-10(2)15(4,12)13-7-8-5-11(3)6-9(16)14-8/h8-9,16H,5-7H2,1-4H3. The van der Waals surface area contributed by atoms with Gasteiger partial charge in [0, 0.05) is 19.8 Å². The van der Waals surface area contributed by atoms with E-state index in [0.717, 1.165) is 13.1 Å². The van der Waals surface area contributed by atoms with E-state index in [4.69, 9.17) is 9.26 Å². The lowest BCUT2D eigenvalue weighted by molar-refractivity contribution is -0.0557. The van der Waals surface area contributed by atoms with Crippen LogP contribution in [0.3, 0.4) is 0 Å². The summed E-state index contributed by atoms with van der Waals surface area (Å²) in [4.78, 5) is 2.13. The number of nitrogens with zero attached hydrogens (tertiary/aromatic N) is 2. The van der Waals surface area contributed by atoms with E-state index < -0.39 is 7.52 Å². The second kappa shape index (κ2) is 5.85. The van der Waals surface area contributed by atoms with Crippen molar-refractivity contribution >= 4 is 20.1 Å². The number of thiol groups is 1. The molecule has 1 rings (SSSR count). The van der Waals surface area contributed by atoms with Gasteiger partial charge in [0.05, 0.1) is 12.7 Å². The zero-order valence-corrected chi connectivity index (χ0v) is 12.1. The molecule has 7 heteroatoms. The summed E-state index contributed by atoms with van der Waals surface area (Å²) in [6.07, 6.45) is -0.0607. The minimum absolute atomic E-state index is 0.0607. The van der Waals surface area contributed by atoms with Gasteiger partial charge in [0.1, 0.15) is 5.44 Å². The normalized spacial score (nSPS) is 31.6. The van der Waals surface area contributed by atoms with Crippen molar-refractivity contribution in [3.05, 3.63) is 0 Å². The van der Waals surface area contributed by atoms with Crippen molar-refractivity contribution in [3.8, 4) is 0 Å². The van der Waals surface area contributed by atoms with Gasteiger partial charge in [0.2, 0.25) is 0 Å². The van der Waals surface area contributed by atoms with Gasteiger partial charge in [-0.25, -0.2) is 4.67 Å². The fourth-order valence-corrected chi connectivity index (χ4v) is 2.55. The smallest absolute Gasteiger partial charge is 0.268 e. The first-order valence-corrected chi connectivity index (χ1v) is 7.77. The maximum atomic E-state index is 11.9. The molecule has 0 aromatic carbocycles. The van der Waals surface area contributed by atoms with E-state index in [9.17, 15) is 4.57 Å². The summed E-state index contributed by atoms with van der Waals surface area (Å²) in [5.74, 6) is 0. The average Bonchev–Trinajstić information content (AvgIpc) is 2.13. The van der Waals surface area contributed by atoms with E-state index >= 15 is 0 Å². The largest absolute Gasteiger partial charge is 0.360 e. The molecule has 0 N–H and O–H groups in total. The molecule has 1 heterocycles. The van der Waals surface area contributed by atoms with E-state index in [0.29, 0.717) is 6.61 Å². The van der Waals surface area contributed by atoms with E-state index in [-0.39, 0.29) is 11.5 Å². The molecule has 0 spiro atoms. The van der Waals surface area contributed by atoms with E-state index in [1.807, 2.05) is 7.05 Å². The zero-order chi connectivity index (χ0) is 12.3. The van der Waals surface area contributed by atoms with Crippen molar-refractivity contribution in [2.75, 3.05) is 47.5 Å². The molecule has 0 amide bonds. The molecule has 96 valence electrons. The van der Waals surface area contributed by atoms with Crippen molar-refractivity contribution in [1.29, 1.82) is 0 Å². The van der Waals surface area contributed by atoms with Gasteiger partial charge in [-0.15, -0.1) is 12.6 Å². The minimum atomic E-state index is -2.66. The molecule has 0 aliphatic carbocycles. The van der Waals surface area contributed by atoms with Gasteiger partial charge in [0.25, 0.3) is 7.52 Å². The summed E-state index contributed by atoms with van der Waals surface area (Å²) in [7, 11) is 2.84. The molecule has 0 aromatic rings. The predicted molar refractivity (Wildman–Crippen MR) is 68.3 cm³/mol. The maximum absolute atomic E-state index is 11.9. The maximum Gasteiger partial charge on any atom is 0.268 e. The Kier molecular flexibility index (Phi) is 5.29. The molecule has 1 aliphatic heterocycles. The molecular formula is C9H21N2O3PS. The lowest BCUT2D eigenvalue weighted by Crippen LogP contribution is -2.45. The first-order valence-electron chi connectivity index (χ1n) is 5.23. The summed E-state index contributed by atoms with van der Waals surface area (Å²) in [6, 6.07) is 0. The fourth-order valence-electron chi connectivity index (χ4n) is 1.43. The Labute approximate surface area is 103 Å². The van der Waals surface area contributed by atoms with Gasteiger partial charge >= 0.3 is 0 Å². The SMILES string of the molecule is CN1CC(S)OC(COP(C)(=O)N(C)C)C1. The van der Waals surface area contributed by atoms with Gasteiger partial charge in [-0.3, -0.25) is 4.57 Å². The monoisotopic (exact) mass is 268 g/mol. The van der Waals surface area contributed by atoms with Crippen LogP contribution in [0.25, 0.3) is 0 Å². The van der Waals surface area contributed by atoms with Crippen LogP contribution >= 0.6 is 20.1 Å². The quantitative estimate of drug-likeness (QED) is 0.608. The lowest BCUT2D eigenvalue weighted by atomic mass is 10.3. The molecule has 0 aromatic heterocycles. The number of likely N-dealkylation sites (N-methyl/N-ethyl adjacent to an activating group) is 1. The molecule has 0 radical (unpaired) electrons. The summed E-state index contributed by atoms with van der Waals surface area (Å²) < 4.78 is 24.6. The van der Waals surface area contributed by atoms with Crippen LogP contribution in [-0.2, 0) is 13.8 Å². The van der Waals surface area contributed by atoms with Gasteiger partial charge in [0.15, 0.2) is 0 Å². The molecular weight excluding hydrogens is 247 g/mol. The molecule has 3 atom stereocenters. The van der Waals surface area contributed by atoms with Crippen molar-refractivity contribution < 1.29 is 13.8 Å². The highest BCUT2D eigenvalue weighted by Gasteiger charge is 2.27. The van der Waals surface area contributed by atoms with Crippen LogP contribution in [0.15, 0.2) is 0 Å². The Balaban J connectivity index is 2.40. The zero-order valence-electron chi connectivity index (χ0n) is 10.3.